The van der Waals surface area contributed by atoms with E-state index in [0.717, 1.165) is 18.1 Å². The molecule has 0 saturated carbocycles. The summed E-state index contributed by atoms with van der Waals surface area (Å²) in [5.74, 6) is -0.275. The van der Waals surface area contributed by atoms with Gasteiger partial charge in [-0.2, -0.15) is 5.48 Å². The molecule has 0 atom stereocenters. The molecule has 0 aliphatic heterocycles. The summed E-state index contributed by atoms with van der Waals surface area (Å²) >= 11 is 0. The van der Waals surface area contributed by atoms with Crippen molar-refractivity contribution in [3.05, 3.63) is 29.8 Å². The number of aliphatic carboxylic acids is 1. The first-order valence-corrected chi connectivity index (χ1v) is 4.74. The van der Waals surface area contributed by atoms with Gasteiger partial charge in [-0.1, -0.05) is 26.0 Å². The third kappa shape index (κ3) is 6.65. The maximum Gasteiger partial charge on any atom is 0.300 e. The molecule has 1 aromatic rings. The molecule has 0 aromatic heterocycles. The molecule has 0 spiro atoms. The fourth-order valence-corrected chi connectivity index (χ4v) is 0.967. The van der Waals surface area contributed by atoms with E-state index in [1.54, 1.807) is 0 Å². The number of hydrogen-bond acceptors (Lipinski definition) is 2. The van der Waals surface area contributed by atoms with Gasteiger partial charge in [0.2, 0.25) is 0 Å². The molecule has 0 fully saturated rings. The van der Waals surface area contributed by atoms with Gasteiger partial charge in [-0.05, 0) is 11.5 Å². The van der Waals surface area contributed by atoms with Crippen molar-refractivity contribution in [1.82, 2.24) is 0 Å². The van der Waals surface area contributed by atoms with Crippen LogP contribution in [0.2, 0.25) is 0 Å². The summed E-state index contributed by atoms with van der Waals surface area (Å²) in [5, 5.41) is 16.1. The van der Waals surface area contributed by atoms with E-state index in [2.05, 4.69) is 13.8 Å². The number of benzene rings is 1. The predicted molar refractivity (Wildman–Crippen MR) is 57.2 cm³/mol. The van der Waals surface area contributed by atoms with E-state index in [1.165, 1.54) is 5.56 Å². The van der Waals surface area contributed by atoms with E-state index in [0.29, 0.717) is 5.92 Å². The molecule has 1 aromatic carbocycles. The van der Waals surface area contributed by atoms with Crippen molar-refractivity contribution >= 4 is 11.7 Å². The van der Waals surface area contributed by atoms with Crippen LogP contribution in [0, 0.1) is 0 Å². The second-order valence-electron chi connectivity index (χ2n) is 3.47. The highest BCUT2D eigenvalue weighted by Crippen LogP contribution is 2.14. The highest BCUT2D eigenvalue weighted by Gasteiger charge is 1.98. The van der Waals surface area contributed by atoms with Crippen molar-refractivity contribution in [3.63, 3.8) is 0 Å². The van der Waals surface area contributed by atoms with Gasteiger partial charge in [0, 0.05) is 19.1 Å². The maximum atomic E-state index is 9.00. The Balaban J connectivity index is 0.000000423. The normalized spacial score (nSPS) is 9.40. The van der Waals surface area contributed by atoms with Crippen molar-refractivity contribution in [2.24, 2.45) is 0 Å². The Labute approximate surface area is 89.5 Å². The Morgan fingerprint density at radius 2 is 1.67 bits per heavy atom. The highest BCUT2D eigenvalue weighted by atomic mass is 16.5. The topological polar surface area (TPSA) is 74.1 Å². The molecule has 4 heteroatoms. The average Bonchev–Trinajstić information content (AvgIpc) is 2.17. The Morgan fingerprint density at radius 3 is 1.93 bits per heavy atom. The molecule has 1 rings (SSSR count). The number of hydrogen-bond donors (Lipinski definition) is 3. The van der Waals surface area contributed by atoms with Gasteiger partial charge in [0.15, 0.2) is 5.69 Å². The van der Waals surface area contributed by atoms with Gasteiger partial charge < -0.3 is 5.11 Å². The first kappa shape index (κ1) is 13.6. The zero-order chi connectivity index (χ0) is 11.8. The van der Waals surface area contributed by atoms with Crippen LogP contribution in [0.3, 0.4) is 0 Å². The molecule has 0 amide bonds. The minimum Gasteiger partial charge on any atom is -0.481 e. The predicted octanol–water partition coefficient (Wildman–Crippen LogP) is 1.48. The first-order chi connectivity index (χ1) is 6.97. The van der Waals surface area contributed by atoms with Crippen molar-refractivity contribution < 1.29 is 20.6 Å². The van der Waals surface area contributed by atoms with Crippen molar-refractivity contribution in [1.29, 1.82) is 0 Å². The lowest BCUT2D eigenvalue weighted by Gasteiger charge is -2.03. The van der Waals surface area contributed by atoms with Gasteiger partial charge in [0.05, 0.1) is 0 Å². The molecule has 0 aliphatic carbocycles. The number of carbonyl (C=O) groups is 1. The summed E-state index contributed by atoms with van der Waals surface area (Å²) in [6.07, 6.45) is 0. The molecule has 0 radical (unpaired) electrons. The Kier molecular flexibility index (Phi) is 6.33. The standard InChI is InChI=1S/C9H13NO.C2H4O2/c1-7(2)8-3-5-9(10-11)6-4-8;1-2(3)4/h3-7,10-11H,1-2H3;1H3,(H,3,4)/p+1. The summed E-state index contributed by atoms with van der Waals surface area (Å²) in [4.78, 5) is 9.00. The Morgan fingerprint density at radius 1 is 1.27 bits per heavy atom. The average molecular weight is 212 g/mol. The molecule has 4 N–H and O–H groups in total. The zero-order valence-electron chi connectivity index (χ0n) is 9.27. The van der Waals surface area contributed by atoms with Crippen LogP contribution in [0.5, 0.6) is 0 Å². The lowest BCUT2D eigenvalue weighted by Crippen LogP contribution is -2.73. The van der Waals surface area contributed by atoms with Crippen LogP contribution in [0.4, 0.5) is 5.69 Å². The monoisotopic (exact) mass is 212 g/mol. The molecule has 0 heterocycles. The third-order valence-corrected chi connectivity index (χ3v) is 1.75. The Hall–Kier alpha value is -1.39. The van der Waals surface area contributed by atoms with Crippen LogP contribution in [0.15, 0.2) is 24.3 Å². The SMILES string of the molecule is CC(=O)O.CC(C)c1ccc([NH2+]O)cc1. The van der Waals surface area contributed by atoms with Gasteiger partial charge in [-0.15, -0.1) is 0 Å². The third-order valence-electron chi connectivity index (χ3n) is 1.75. The molecular weight excluding hydrogens is 194 g/mol. The summed E-state index contributed by atoms with van der Waals surface area (Å²) in [6.45, 7) is 5.38. The summed E-state index contributed by atoms with van der Waals surface area (Å²) in [6, 6.07) is 7.89. The molecule has 0 saturated heterocycles. The quantitative estimate of drug-likeness (QED) is 0.513. The zero-order valence-corrected chi connectivity index (χ0v) is 9.27. The second-order valence-corrected chi connectivity index (χ2v) is 3.47. The van der Waals surface area contributed by atoms with E-state index in [9.17, 15) is 0 Å². The van der Waals surface area contributed by atoms with Gasteiger partial charge >= 0.3 is 0 Å². The van der Waals surface area contributed by atoms with Gasteiger partial charge in [-0.25, -0.2) is 5.21 Å². The smallest absolute Gasteiger partial charge is 0.300 e. The van der Waals surface area contributed by atoms with Crippen LogP contribution >= 0.6 is 0 Å². The largest absolute Gasteiger partial charge is 0.481 e. The van der Waals surface area contributed by atoms with E-state index in [-0.39, 0.29) is 0 Å². The van der Waals surface area contributed by atoms with Crippen LogP contribution in [-0.4, -0.2) is 16.3 Å². The van der Waals surface area contributed by atoms with Gasteiger partial charge in [0.1, 0.15) is 0 Å². The molecule has 84 valence electrons. The summed E-state index contributed by atoms with van der Waals surface area (Å²) < 4.78 is 0. The van der Waals surface area contributed by atoms with Gasteiger partial charge in [-0.3, -0.25) is 4.79 Å². The summed E-state index contributed by atoms with van der Waals surface area (Å²) in [5.41, 5.74) is 3.27. The number of carboxylic acids is 1. The van der Waals surface area contributed by atoms with Gasteiger partial charge in [0.25, 0.3) is 5.97 Å². The summed E-state index contributed by atoms with van der Waals surface area (Å²) in [7, 11) is 0. The molecular formula is C11H18NO3+. The van der Waals surface area contributed by atoms with Crippen LogP contribution in [0.1, 0.15) is 32.3 Å². The second kappa shape index (κ2) is 6.98. The highest BCUT2D eigenvalue weighted by molar-refractivity contribution is 5.62. The maximum absolute atomic E-state index is 9.00. The number of quaternary nitrogens is 1. The lowest BCUT2D eigenvalue weighted by molar-refractivity contribution is -0.825. The van der Waals surface area contributed by atoms with Crippen molar-refractivity contribution in [2.45, 2.75) is 26.7 Å². The van der Waals surface area contributed by atoms with E-state index in [1.807, 2.05) is 24.3 Å². The fraction of sp³-hybridized carbons (Fsp3) is 0.364. The Bertz CT molecular complexity index is 289. The van der Waals surface area contributed by atoms with E-state index < -0.39 is 5.97 Å². The van der Waals surface area contributed by atoms with Crippen LogP contribution in [0.25, 0.3) is 0 Å². The molecule has 4 nitrogen and oxygen atoms in total. The molecule has 15 heavy (non-hydrogen) atoms. The van der Waals surface area contributed by atoms with Crippen molar-refractivity contribution in [3.8, 4) is 0 Å². The minimum absolute atomic E-state index is 0.558. The van der Waals surface area contributed by atoms with E-state index >= 15 is 0 Å². The molecule has 0 aliphatic rings. The van der Waals surface area contributed by atoms with Crippen LogP contribution < -0.4 is 5.48 Å². The van der Waals surface area contributed by atoms with E-state index in [4.69, 9.17) is 15.1 Å². The number of nitrogens with two attached hydrogens (primary N) is 1. The number of rotatable bonds is 2. The first-order valence-electron chi connectivity index (χ1n) is 4.74. The lowest BCUT2D eigenvalue weighted by atomic mass is 10.0. The van der Waals surface area contributed by atoms with Crippen LogP contribution in [-0.2, 0) is 4.79 Å². The fourth-order valence-electron chi connectivity index (χ4n) is 0.967. The molecule has 0 unspecified atom stereocenters. The minimum atomic E-state index is -0.833. The molecule has 0 bridgehead atoms. The van der Waals surface area contributed by atoms with Crippen molar-refractivity contribution in [2.75, 3.05) is 0 Å². The number of carboxylic acid groups (broad SMARTS) is 1.